The van der Waals surface area contributed by atoms with Gasteiger partial charge in [-0.2, -0.15) is 0 Å². The van der Waals surface area contributed by atoms with Crippen molar-refractivity contribution in [2.24, 2.45) is 0 Å². The first kappa shape index (κ1) is 15.0. The average molecular weight is 286 g/mol. The highest BCUT2D eigenvalue weighted by Crippen LogP contribution is 2.23. The number of ether oxygens (including phenoxy) is 1. The van der Waals surface area contributed by atoms with Crippen LogP contribution in [0.15, 0.2) is 42.5 Å². The smallest absolute Gasteiger partial charge is 0.123 e. The molecule has 4 N–H and O–H groups in total. The van der Waals surface area contributed by atoms with E-state index >= 15 is 0 Å². The highest BCUT2D eigenvalue weighted by atomic mass is 16.5. The van der Waals surface area contributed by atoms with Crippen molar-refractivity contribution in [2.45, 2.75) is 26.4 Å². The highest BCUT2D eigenvalue weighted by Gasteiger charge is 2.02. The fourth-order valence-electron chi connectivity index (χ4n) is 2.08. The molecule has 0 bridgehead atoms. The summed E-state index contributed by atoms with van der Waals surface area (Å²) < 4.78 is 5.67. The van der Waals surface area contributed by atoms with Crippen LogP contribution in [0, 0.1) is 0 Å². The van der Waals surface area contributed by atoms with Crippen LogP contribution in [0.25, 0.3) is 0 Å². The standard InChI is InChI=1S/C17H22N2O2/c1-12(2)21-17-10-14(18)9-15(11-17)19-8-7-13-3-5-16(20)6-4-13/h3-6,9-12,19-20H,7-8,18H2,1-2H3. The van der Waals surface area contributed by atoms with E-state index in [9.17, 15) is 5.11 Å². The molecule has 0 unspecified atom stereocenters. The normalized spacial score (nSPS) is 10.6. The zero-order chi connectivity index (χ0) is 15.2. The molecule has 0 saturated heterocycles. The Kier molecular flexibility index (Phi) is 4.93. The van der Waals surface area contributed by atoms with Gasteiger partial charge in [0.25, 0.3) is 0 Å². The highest BCUT2D eigenvalue weighted by molar-refractivity contribution is 5.59. The van der Waals surface area contributed by atoms with E-state index in [-0.39, 0.29) is 11.9 Å². The number of rotatable bonds is 6. The fourth-order valence-corrected chi connectivity index (χ4v) is 2.08. The van der Waals surface area contributed by atoms with Crippen molar-refractivity contribution in [2.75, 3.05) is 17.6 Å². The number of hydrogen-bond acceptors (Lipinski definition) is 4. The van der Waals surface area contributed by atoms with Crippen molar-refractivity contribution in [3.05, 3.63) is 48.0 Å². The molecule has 0 aliphatic rings. The summed E-state index contributed by atoms with van der Waals surface area (Å²) in [7, 11) is 0. The van der Waals surface area contributed by atoms with Crippen LogP contribution in [0.1, 0.15) is 19.4 Å². The van der Waals surface area contributed by atoms with Crippen LogP contribution in [0.2, 0.25) is 0 Å². The maximum atomic E-state index is 9.25. The Morgan fingerprint density at radius 3 is 2.52 bits per heavy atom. The number of benzene rings is 2. The first-order valence-electron chi connectivity index (χ1n) is 7.12. The molecule has 2 rings (SSSR count). The number of nitrogens with one attached hydrogen (secondary N) is 1. The Balaban J connectivity index is 1.93. The third-order valence-electron chi connectivity index (χ3n) is 2.98. The number of hydrogen-bond donors (Lipinski definition) is 3. The molecule has 0 amide bonds. The molecule has 0 aliphatic carbocycles. The zero-order valence-electron chi connectivity index (χ0n) is 12.5. The van der Waals surface area contributed by atoms with E-state index in [4.69, 9.17) is 10.5 Å². The van der Waals surface area contributed by atoms with Crippen molar-refractivity contribution in [3.8, 4) is 11.5 Å². The van der Waals surface area contributed by atoms with Crippen LogP contribution < -0.4 is 15.8 Å². The molecule has 2 aromatic rings. The van der Waals surface area contributed by atoms with E-state index in [0.29, 0.717) is 5.69 Å². The molecule has 0 aliphatic heterocycles. The molecule has 0 fully saturated rings. The number of aromatic hydroxyl groups is 1. The predicted molar refractivity (Wildman–Crippen MR) is 86.9 cm³/mol. The number of phenols is 1. The lowest BCUT2D eigenvalue weighted by molar-refractivity contribution is 0.242. The van der Waals surface area contributed by atoms with E-state index in [2.05, 4.69) is 5.32 Å². The average Bonchev–Trinajstić information content (AvgIpc) is 2.39. The third-order valence-corrected chi connectivity index (χ3v) is 2.98. The van der Waals surface area contributed by atoms with Gasteiger partial charge in [0.2, 0.25) is 0 Å². The van der Waals surface area contributed by atoms with Gasteiger partial charge in [-0.1, -0.05) is 12.1 Å². The Hall–Kier alpha value is -2.36. The Morgan fingerprint density at radius 1 is 1.14 bits per heavy atom. The van der Waals surface area contributed by atoms with Gasteiger partial charge in [-0.15, -0.1) is 0 Å². The van der Waals surface area contributed by atoms with Gasteiger partial charge in [0.1, 0.15) is 11.5 Å². The van der Waals surface area contributed by atoms with Crippen molar-refractivity contribution >= 4 is 11.4 Å². The minimum Gasteiger partial charge on any atom is -0.508 e. The summed E-state index contributed by atoms with van der Waals surface area (Å²) in [6, 6.07) is 12.9. The van der Waals surface area contributed by atoms with Crippen molar-refractivity contribution in [3.63, 3.8) is 0 Å². The summed E-state index contributed by atoms with van der Waals surface area (Å²) in [5.74, 6) is 1.06. The number of anilines is 2. The molecule has 0 heterocycles. The topological polar surface area (TPSA) is 67.5 Å². The summed E-state index contributed by atoms with van der Waals surface area (Å²) in [4.78, 5) is 0. The van der Waals surface area contributed by atoms with E-state index in [0.717, 1.165) is 24.4 Å². The summed E-state index contributed by atoms with van der Waals surface area (Å²) >= 11 is 0. The molecule has 0 aromatic heterocycles. The maximum Gasteiger partial charge on any atom is 0.123 e. The molecule has 2 aromatic carbocycles. The number of nitrogens with two attached hydrogens (primary N) is 1. The van der Waals surface area contributed by atoms with Crippen LogP contribution in [-0.4, -0.2) is 17.8 Å². The fraction of sp³-hybridized carbons (Fsp3) is 0.294. The summed E-state index contributed by atoms with van der Waals surface area (Å²) in [5, 5.41) is 12.6. The molecule has 112 valence electrons. The molecular weight excluding hydrogens is 264 g/mol. The van der Waals surface area contributed by atoms with Gasteiger partial charge in [0.15, 0.2) is 0 Å². The Morgan fingerprint density at radius 2 is 1.86 bits per heavy atom. The number of nitrogen functional groups attached to an aromatic ring is 1. The summed E-state index contributed by atoms with van der Waals surface area (Å²) in [6.45, 7) is 4.76. The van der Waals surface area contributed by atoms with Gasteiger partial charge in [0.05, 0.1) is 6.10 Å². The molecule has 0 spiro atoms. The first-order chi connectivity index (χ1) is 10.0. The second-order valence-electron chi connectivity index (χ2n) is 5.30. The van der Waals surface area contributed by atoms with Crippen LogP contribution >= 0.6 is 0 Å². The Labute approximate surface area is 125 Å². The molecule has 4 nitrogen and oxygen atoms in total. The first-order valence-corrected chi connectivity index (χ1v) is 7.12. The molecule has 21 heavy (non-hydrogen) atoms. The summed E-state index contributed by atoms with van der Waals surface area (Å²) in [5.41, 5.74) is 8.69. The molecule has 0 saturated carbocycles. The third kappa shape index (κ3) is 4.91. The van der Waals surface area contributed by atoms with Gasteiger partial charge in [-0.05, 0) is 44.0 Å². The largest absolute Gasteiger partial charge is 0.508 e. The number of phenolic OH excluding ortho intramolecular Hbond substituents is 1. The molecule has 0 radical (unpaired) electrons. The minimum absolute atomic E-state index is 0.122. The van der Waals surface area contributed by atoms with Gasteiger partial charge in [0, 0.05) is 30.1 Å². The second-order valence-corrected chi connectivity index (χ2v) is 5.30. The monoisotopic (exact) mass is 286 g/mol. The molecule has 0 atom stereocenters. The second kappa shape index (κ2) is 6.88. The SMILES string of the molecule is CC(C)Oc1cc(N)cc(NCCc2ccc(O)cc2)c1. The van der Waals surface area contributed by atoms with Crippen molar-refractivity contribution < 1.29 is 9.84 Å². The summed E-state index contributed by atoms with van der Waals surface area (Å²) in [6.07, 6.45) is 0.992. The zero-order valence-corrected chi connectivity index (χ0v) is 12.5. The predicted octanol–water partition coefficient (Wildman–Crippen LogP) is 3.42. The Bertz CT molecular complexity index is 580. The quantitative estimate of drug-likeness (QED) is 0.712. The van der Waals surface area contributed by atoms with Crippen LogP contribution in [0.3, 0.4) is 0 Å². The van der Waals surface area contributed by atoms with Gasteiger partial charge < -0.3 is 20.9 Å². The van der Waals surface area contributed by atoms with E-state index < -0.39 is 0 Å². The lowest BCUT2D eigenvalue weighted by atomic mass is 10.1. The van der Waals surface area contributed by atoms with Crippen LogP contribution in [-0.2, 0) is 6.42 Å². The van der Waals surface area contributed by atoms with Crippen molar-refractivity contribution in [1.29, 1.82) is 0 Å². The van der Waals surface area contributed by atoms with E-state index in [1.165, 1.54) is 5.56 Å². The lowest BCUT2D eigenvalue weighted by Crippen LogP contribution is -2.08. The van der Waals surface area contributed by atoms with Crippen LogP contribution in [0.4, 0.5) is 11.4 Å². The van der Waals surface area contributed by atoms with Gasteiger partial charge >= 0.3 is 0 Å². The van der Waals surface area contributed by atoms with Crippen LogP contribution in [0.5, 0.6) is 11.5 Å². The van der Waals surface area contributed by atoms with Crippen molar-refractivity contribution in [1.82, 2.24) is 0 Å². The van der Waals surface area contributed by atoms with Gasteiger partial charge in [-0.3, -0.25) is 0 Å². The minimum atomic E-state index is 0.122. The molecule has 4 heteroatoms. The maximum absolute atomic E-state index is 9.25. The van der Waals surface area contributed by atoms with E-state index in [1.54, 1.807) is 12.1 Å². The van der Waals surface area contributed by atoms with Gasteiger partial charge in [-0.25, -0.2) is 0 Å². The van der Waals surface area contributed by atoms with E-state index in [1.807, 2.05) is 44.2 Å². The lowest BCUT2D eigenvalue weighted by Gasteiger charge is -2.13. The molecular formula is C17H22N2O2.